The van der Waals surface area contributed by atoms with Crippen molar-refractivity contribution >= 4 is 21.2 Å². The normalized spacial score (nSPS) is 12.1. The molecule has 0 saturated carbocycles. The summed E-state index contributed by atoms with van der Waals surface area (Å²) >= 11 is 0. The van der Waals surface area contributed by atoms with E-state index in [-0.39, 0.29) is 0 Å². The Hall–Kier alpha value is -2.12. The third-order valence-electron chi connectivity index (χ3n) is 2.59. The highest BCUT2D eigenvalue weighted by molar-refractivity contribution is 7.85. The second kappa shape index (κ2) is 3.69. The number of aromatic amines is 1. The molecule has 18 heavy (non-hydrogen) atoms. The van der Waals surface area contributed by atoms with Crippen LogP contribution in [0.3, 0.4) is 0 Å². The fraction of sp³-hybridized carbons (Fsp3) is 0. The van der Waals surface area contributed by atoms with Gasteiger partial charge in [-0.25, -0.2) is 4.98 Å². The van der Waals surface area contributed by atoms with E-state index in [1.165, 1.54) is 0 Å². The molecule has 2 aromatic heterocycles. The van der Waals surface area contributed by atoms with E-state index in [0.29, 0.717) is 11.0 Å². The number of nitrogens with zero attached hydrogens (tertiary/aromatic N) is 2. The zero-order valence-electron chi connectivity index (χ0n) is 9.11. The maximum atomic E-state index is 11.0. The van der Waals surface area contributed by atoms with E-state index < -0.39 is 15.3 Å². The fourth-order valence-electron chi connectivity index (χ4n) is 1.76. The molecule has 3 rings (SSSR count). The Morgan fingerprint density at radius 2 is 1.94 bits per heavy atom. The van der Waals surface area contributed by atoms with Crippen LogP contribution >= 0.6 is 0 Å². The lowest BCUT2D eigenvalue weighted by Gasteiger charge is -2.01. The number of aromatic nitrogens is 3. The zero-order valence-corrected chi connectivity index (χ0v) is 9.92. The zero-order chi connectivity index (χ0) is 12.8. The molecule has 0 amide bonds. The van der Waals surface area contributed by atoms with Gasteiger partial charge in [0.15, 0.2) is 0 Å². The van der Waals surface area contributed by atoms with Crippen LogP contribution in [0.4, 0.5) is 0 Å². The number of H-pyrrole nitrogens is 1. The second-order valence-corrected chi connectivity index (χ2v) is 5.15. The van der Waals surface area contributed by atoms with Crippen LogP contribution in [0.15, 0.2) is 47.9 Å². The third kappa shape index (κ3) is 1.79. The minimum Gasteiger partial charge on any atom is -0.327 e. The third-order valence-corrected chi connectivity index (χ3v) is 3.27. The average Bonchev–Trinajstić information content (AvgIpc) is 2.96. The summed E-state index contributed by atoms with van der Waals surface area (Å²) in [5.41, 5.74) is 1.90. The summed E-state index contributed by atoms with van der Waals surface area (Å²) in [6, 6.07) is 9.05. The summed E-state index contributed by atoms with van der Waals surface area (Å²) in [5, 5.41) is -0.442. The smallest absolute Gasteiger partial charge is 0.327 e. The quantitative estimate of drug-likeness (QED) is 0.687. The lowest BCUT2D eigenvalue weighted by molar-refractivity contribution is 0.476. The highest BCUT2D eigenvalue weighted by Crippen LogP contribution is 2.18. The summed E-state index contributed by atoms with van der Waals surface area (Å²) in [7, 11) is -4.30. The van der Waals surface area contributed by atoms with Gasteiger partial charge in [0.25, 0.3) is 5.16 Å². The number of fused-ring (bicyclic) bond motifs is 1. The van der Waals surface area contributed by atoms with Crippen molar-refractivity contribution in [2.24, 2.45) is 0 Å². The van der Waals surface area contributed by atoms with Crippen LogP contribution in [0.5, 0.6) is 0 Å². The molecule has 92 valence electrons. The van der Waals surface area contributed by atoms with Crippen LogP contribution in [0.2, 0.25) is 0 Å². The Labute approximate surface area is 103 Å². The van der Waals surface area contributed by atoms with Crippen LogP contribution in [0, 0.1) is 0 Å². The number of hydrogen-bond acceptors (Lipinski definition) is 3. The van der Waals surface area contributed by atoms with Crippen molar-refractivity contribution in [2.75, 3.05) is 0 Å². The largest absolute Gasteiger partial charge is 0.328 e. The first-order chi connectivity index (χ1) is 8.54. The standard InChI is InChI=1S/C11H9N3O3S/c15-18(16,17)11-12-9-4-3-8(7-10(9)13-11)14-5-1-2-6-14/h1-7H,(H,12,13)(H,15,16,17). The van der Waals surface area contributed by atoms with E-state index in [1.54, 1.807) is 12.1 Å². The molecule has 6 nitrogen and oxygen atoms in total. The summed E-state index contributed by atoms with van der Waals surface area (Å²) < 4.78 is 32.7. The summed E-state index contributed by atoms with van der Waals surface area (Å²) in [6.45, 7) is 0. The predicted octanol–water partition coefficient (Wildman–Crippen LogP) is 1.60. The maximum absolute atomic E-state index is 11.0. The Morgan fingerprint density at radius 3 is 2.61 bits per heavy atom. The number of hydrogen-bond donors (Lipinski definition) is 2. The van der Waals surface area contributed by atoms with Crippen LogP contribution < -0.4 is 0 Å². The van der Waals surface area contributed by atoms with Gasteiger partial charge in [0.1, 0.15) is 0 Å². The van der Waals surface area contributed by atoms with E-state index in [1.807, 2.05) is 35.2 Å². The number of imidazole rings is 1. The predicted molar refractivity (Wildman–Crippen MR) is 65.2 cm³/mol. The van der Waals surface area contributed by atoms with Crippen molar-refractivity contribution < 1.29 is 13.0 Å². The summed E-state index contributed by atoms with van der Waals surface area (Å²) in [6.07, 6.45) is 3.75. The molecule has 0 bridgehead atoms. The van der Waals surface area contributed by atoms with E-state index in [2.05, 4.69) is 9.97 Å². The van der Waals surface area contributed by atoms with Crippen molar-refractivity contribution in [3.63, 3.8) is 0 Å². The first kappa shape index (κ1) is 11.0. The van der Waals surface area contributed by atoms with E-state index in [4.69, 9.17) is 4.55 Å². The molecule has 0 spiro atoms. The molecule has 0 aliphatic rings. The van der Waals surface area contributed by atoms with Gasteiger partial charge in [-0.1, -0.05) is 0 Å². The number of nitrogens with one attached hydrogen (secondary N) is 1. The van der Waals surface area contributed by atoms with Crippen LogP contribution in [0.1, 0.15) is 0 Å². The summed E-state index contributed by atoms with van der Waals surface area (Å²) in [5.74, 6) is 0. The Bertz CT molecular complexity index is 803. The van der Waals surface area contributed by atoms with E-state index in [0.717, 1.165) is 5.69 Å². The highest BCUT2D eigenvalue weighted by atomic mass is 32.2. The van der Waals surface area contributed by atoms with Gasteiger partial charge in [-0.15, -0.1) is 0 Å². The molecule has 2 N–H and O–H groups in total. The molecule has 0 aliphatic carbocycles. The second-order valence-electron chi connectivity index (χ2n) is 3.81. The SMILES string of the molecule is O=S(=O)(O)c1nc2cc(-n3cccc3)ccc2[nH]1. The molecular formula is C11H9N3O3S. The lowest BCUT2D eigenvalue weighted by Crippen LogP contribution is -1.99. The molecule has 3 aromatic rings. The van der Waals surface area contributed by atoms with Crippen molar-refractivity contribution in [3.05, 3.63) is 42.7 Å². The van der Waals surface area contributed by atoms with E-state index >= 15 is 0 Å². The van der Waals surface area contributed by atoms with E-state index in [9.17, 15) is 8.42 Å². The molecule has 0 fully saturated rings. The molecule has 0 saturated heterocycles. The fourth-order valence-corrected chi connectivity index (χ4v) is 2.21. The molecule has 0 aliphatic heterocycles. The van der Waals surface area contributed by atoms with Crippen LogP contribution in [0.25, 0.3) is 16.7 Å². The molecule has 0 atom stereocenters. The van der Waals surface area contributed by atoms with Gasteiger partial charge in [0, 0.05) is 18.1 Å². The molecule has 0 radical (unpaired) electrons. The van der Waals surface area contributed by atoms with Gasteiger partial charge in [-0.05, 0) is 30.3 Å². The number of benzene rings is 1. The van der Waals surface area contributed by atoms with Gasteiger partial charge >= 0.3 is 10.1 Å². The first-order valence-electron chi connectivity index (χ1n) is 5.15. The Kier molecular flexibility index (Phi) is 2.25. The molecule has 1 aromatic carbocycles. The molecule has 0 unspecified atom stereocenters. The maximum Gasteiger partial charge on any atom is 0.328 e. The highest BCUT2D eigenvalue weighted by Gasteiger charge is 2.15. The lowest BCUT2D eigenvalue weighted by atomic mass is 10.3. The molecule has 2 heterocycles. The van der Waals surface area contributed by atoms with Crippen molar-refractivity contribution in [1.29, 1.82) is 0 Å². The minimum absolute atomic E-state index is 0.442. The van der Waals surface area contributed by atoms with Gasteiger partial charge in [-0.3, -0.25) is 4.55 Å². The Morgan fingerprint density at radius 1 is 1.22 bits per heavy atom. The Balaban J connectivity index is 2.19. The van der Waals surface area contributed by atoms with Crippen molar-refractivity contribution in [1.82, 2.24) is 14.5 Å². The van der Waals surface area contributed by atoms with Crippen LogP contribution in [-0.4, -0.2) is 27.5 Å². The summed E-state index contributed by atoms with van der Waals surface area (Å²) in [4.78, 5) is 6.40. The van der Waals surface area contributed by atoms with Gasteiger partial charge in [-0.2, -0.15) is 8.42 Å². The van der Waals surface area contributed by atoms with Crippen molar-refractivity contribution in [3.8, 4) is 5.69 Å². The minimum atomic E-state index is -4.30. The number of rotatable bonds is 2. The monoisotopic (exact) mass is 263 g/mol. The van der Waals surface area contributed by atoms with Gasteiger partial charge < -0.3 is 9.55 Å². The molecule has 7 heteroatoms. The van der Waals surface area contributed by atoms with Gasteiger partial charge in [0.05, 0.1) is 11.0 Å². The van der Waals surface area contributed by atoms with Crippen molar-refractivity contribution in [2.45, 2.75) is 5.16 Å². The first-order valence-corrected chi connectivity index (χ1v) is 6.59. The van der Waals surface area contributed by atoms with Crippen LogP contribution in [-0.2, 0) is 10.1 Å². The average molecular weight is 263 g/mol. The van der Waals surface area contributed by atoms with Gasteiger partial charge in [0.2, 0.25) is 0 Å². The topological polar surface area (TPSA) is 88.0 Å². The molecular weight excluding hydrogens is 254 g/mol.